The summed E-state index contributed by atoms with van der Waals surface area (Å²) in [5, 5.41) is 0. The minimum Gasteiger partial charge on any atom is -0.496 e. The number of hydrogen-bond acceptors (Lipinski definition) is 4. The van der Waals surface area contributed by atoms with Gasteiger partial charge in [0.05, 0.1) is 26.0 Å². The summed E-state index contributed by atoms with van der Waals surface area (Å²) in [7, 11) is 3.09. The maximum Gasteiger partial charge on any atom is 0.285 e. The third-order valence-corrected chi connectivity index (χ3v) is 2.59. The molecule has 0 saturated heterocycles. The molecular weight excluding hydrogens is 234 g/mol. The Labute approximate surface area is 104 Å². The van der Waals surface area contributed by atoms with Crippen molar-refractivity contribution in [2.45, 2.75) is 0 Å². The van der Waals surface area contributed by atoms with Gasteiger partial charge >= 0.3 is 0 Å². The van der Waals surface area contributed by atoms with Crippen molar-refractivity contribution in [3.63, 3.8) is 0 Å². The lowest BCUT2D eigenvalue weighted by Gasteiger charge is -2.12. The van der Waals surface area contributed by atoms with Crippen LogP contribution in [0.15, 0.2) is 34.9 Å². The summed E-state index contributed by atoms with van der Waals surface area (Å²) in [5.41, 5.74) is 6.46. The number of rotatable bonds is 4. The molecule has 0 aliphatic heterocycles. The molecule has 1 aromatic carbocycles. The minimum atomic E-state index is -0.636. The van der Waals surface area contributed by atoms with Crippen LogP contribution in [0.5, 0.6) is 11.5 Å². The molecule has 0 aliphatic rings. The maximum absolute atomic E-state index is 11.3. The van der Waals surface area contributed by atoms with E-state index >= 15 is 0 Å². The van der Waals surface area contributed by atoms with Crippen LogP contribution in [0.1, 0.15) is 10.6 Å². The van der Waals surface area contributed by atoms with Gasteiger partial charge in [0.1, 0.15) is 11.5 Å². The van der Waals surface area contributed by atoms with Crippen molar-refractivity contribution in [2.75, 3.05) is 14.2 Å². The minimum absolute atomic E-state index is 0.0813. The van der Waals surface area contributed by atoms with Crippen LogP contribution in [-0.2, 0) is 0 Å². The number of carbonyl (C=O) groups excluding carboxylic acids is 1. The van der Waals surface area contributed by atoms with Crippen LogP contribution in [0, 0.1) is 0 Å². The highest BCUT2D eigenvalue weighted by atomic mass is 16.5. The number of benzene rings is 1. The Bertz CT molecular complexity index is 552. The van der Waals surface area contributed by atoms with E-state index in [0.717, 1.165) is 0 Å². The Hall–Kier alpha value is -2.43. The van der Waals surface area contributed by atoms with Crippen LogP contribution < -0.4 is 15.2 Å². The van der Waals surface area contributed by atoms with Gasteiger partial charge in [0.25, 0.3) is 5.91 Å². The molecule has 0 saturated carbocycles. The first kappa shape index (κ1) is 12.0. The molecule has 0 unspecified atom stereocenters. The number of hydrogen-bond donors (Lipinski definition) is 1. The lowest BCUT2D eigenvalue weighted by molar-refractivity contribution is 0.0975. The average Bonchev–Trinajstić information content (AvgIpc) is 2.86. The number of carbonyl (C=O) groups is 1. The number of furan rings is 1. The summed E-state index contributed by atoms with van der Waals surface area (Å²) in [6, 6.07) is 7.00. The second-order valence-corrected chi connectivity index (χ2v) is 3.57. The number of primary amides is 1. The monoisotopic (exact) mass is 247 g/mol. The average molecular weight is 247 g/mol. The maximum atomic E-state index is 11.3. The van der Waals surface area contributed by atoms with E-state index < -0.39 is 5.91 Å². The molecule has 18 heavy (non-hydrogen) atoms. The van der Waals surface area contributed by atoms with E-state index in [2.05, 4.69) is 0 Å². The molecule has 0 spiro atoms. The number of methoxy groups -OCH3 is 2. The van der Waals surface area contributed by atoms with Crippen molar-refractivity contribution in [2.24, 2.45) is 5.73 Å². The summed E-state index contributed by atoms with van der Waals surface area (Å²) in [6.45, 7) is 0. The Balaban J connectivity index is 2.69. The Morgan fingerprint density at radius 3 is 2.28 bits per heavy atom. The van der Waals surface area contributed by atoms with Crippen molar-refractivity contribution < 1.29 is 18.7 Å². The Morgan fingerprint density at radius 1 is 1.17 bits per heavy atom. The van der Waals surface area contributed by atoms with Gasteiger partial charge in [0.2, 0.25) is 0 Å². The van der Waals surface area contributed by atoms with Crippen molar-refractivity contribution >= 4 is 5.91 Å². The highest BCUT2D eigenvalue weighted by Gasteiger charge is 2.20. The lowest BCUT2D eigenvalue weighted by atomic mass is 10.0. The van der Waals surface area contributed by atoms with Crippen LogP contribution >= 0.6 is 0 Å². The molecule has 1 amide bonds. The predicted octanol–water partition coefficient (Wildman–Crippen LogP) is 2.06. The van der Waals surface area contributed by atoms with Crippen LogP contribution in [0.4, 0.5) is 0 Å². The summed E-state index contributed by atoms with van der Waals surface area (Å²) in [5.74, 6) is 0.609. The number of ether oxygens (including phenoxy) is 2. The zero-order valence-electron chi connectivity index (χ0n) is 10.1. The van der Waals surface area contributed by atoms with Crippen molar-refractivity contribution in [1.82, 2.24) is 0 Å². The quantitative estimate of drug-likeness (QED) is 0.897. The van der Waals surface area contributed by atoms with Crippen LogP contribution in [0.25, 0.3) is 11.1 Å². The normalized spacial score (nSPS) is 10.1. The highest BCUT2D eigenvalue weighted by Crippen LogP contribution is 2.40. The van der Waals surface area contributed by atoms with Gasteiger partial charge in [-0.05, 0) is 18.2 Å². The van der Waals surface area contributed by atoms with Gasteiger partial charge in [0.15, 0.2) is 5.76 Å². The molecule has 5 heteroatoms. The van der Waals surface area contributed by atoms with E-state index in [1.54, 1.807) is 38.5 Å². The van der Waals surface area contributed by atoms with Crippen molar-refractivity contribution in [3.05, 3.63) is 36.3 Å². The molecule has 2 aromatic rings. The first-order valence-electron chi connectivity index (χ1n) is 5.27. The van der Waals surface area contributed by atoms with Gasteiger partial charge in [-0.3, -0.25) is 4.79 Å². The van der Waals surface area contributed by atoms with Gasteiger partial charge in [-0.15, -0.1) is 0 Å². The zero-order chi connectivity index (χ0) is 13.1. The molecule has 1 aromatic heterocycles. The van der Waals surface area contributed by atoms with Crippen molar-refractivity contribution in [1.29, 1.82) is 0 Å². The Kier molecular flexibility index (Phi) is 3.23. The molecule has 0 radical (unpaired) electrons. The first-order chi connectivity index (χ1) is 8.69. The second kappa shape index (κ2) is 4.83. The predicted molar refractivity (Wildman–Crippen MR) is 65.8 cm³/mol. The molecule has 2 rings (SSSR count). The molecular formula is C13H13NO4. The van der Waals surface area contributed by atoms with E-state index in [4.69, 9.17) is 19.6 Å². The largest absolute Gasteiger partial charge is 0.496 e. The van der Waals surface area contributed by atoms with Gasteiger partial charge in [-0.2, -0.15) is 0 Å². The molecule has 1 heterocycles. The van der Waals surface area contributed by atoms with Crippen molar-refractivity contribution in [3.8, 4) is 22.6 Å². The van der Waals surface area contributed by atoms with E-state index in [-0.39, 0.29) is 5.76 Å². The molecule has 0 fully saturated rings. The fraction of sp³-hybridized carbons (Fsp3) is 0.154. The summed E-state index contributed by atoms with van der Waals surface area (Å²) < 4.78 is 15.6. The second-order valence-electron chi connectivity index (χ2n) is 3.57. The highest BCUT2D eigenvalue weighted by molar-refractivity contribution is 5.98. The summed E-state index contributed by atoms with van der Waals surface area (Å²) in [6.07, 6.45) is 1.40. The standard InChI is InChI=1S/C13H13NO4/c1-16-9-4-3-5-10(17-2)11(9)8-6-7-18-12(8)13(14)15/h3-7H,1-2H3,(H2,14,15). The molecule has 94 valence electrons. The SMILES string of the molecule is COc1cccc(OC)c1-c1ccoc1C(N)=O. The number of amides is 1. The molecule has 5 nitrogen and oxygen atoms in total. The lowest BCUT2D eigenvalue weighted by Crippen LogP contribution is -2.11. The summed E-state index contributed by atoms with van der Waals surface area (Å²) >= 11 is 0. The Morgan fingerprint density at radius 2 is 1.78 bits per heavy atom. The summed E-state index contributed by atoms with van der Waals surface area (Å²) in [4.78, 5) is 11.3. The molecule has 2 N–H and O–H groups in total. The van der Waals surface area contributed by atoms with Gasteiger partial charge in [-0.25, -0.2) is 0 Å². The third-order valence-electron chi connectivity index (χ3n) is 2.59. The van der Waals surface area contributed by atoms with E-state index in [1.807, 2.05) is 0 Å². The van der Waals surface area contributed by atoms with Crippen LogP contribution in [0.2, 0.25) is 0 Å². The van der Waals surface area contributed by atoms with Crippen LogP contribution in [0.3, 0.4) is 0 Å². The third kappa shape index (κ3) is 1.90. The smallest absolute Gasteiger partial charge is 0.285 e. The fourth-order valence-corrected chi connectivity index (χ4v) is 1.81. The zero-order valence-corrected chi connectivity index (χ0v) is 10.1. The molecule has 0 aliphatic carbocycles. The van der Waals surface area contributed by atoms with Gasteiger partial charge in [0, 0.05) is 5.56 Å². The van der Waals surface area contributed by atoms with Gasteiger partial charge < -0.3 is 19.6 Å². The topological polar surface area (TPSA) is 74.7 Å². The van der Waals surface area contributed by atoms with E-state index in [0.29, 0.717) is 22.6 Å². The van der Waals surface area contributed by atoms with E-state index in [1.165, 1.54) is 6.26 Å². The molecule has 0 atom stereocenters. The first-order valence-corrected chi connectivity index (χ1v) is 5.27. The number of nitrogens with two attached hydrogens (primary N) is 1. The van der Waals surface area contributed by atoms with E-state index in [9.17, 15) is 4.79 Å². The van der Waals surface area contributed by atoms with Gasteiger partial charge in [-0.1, -0.05) is 6.07 Å². The fourth-order valence-electron chi connectivity index (χ4n) is 1.81. The molecule has 0 bridgehead atoms. The van der Waals surface area contributed by atoms with Crippen LogP contribution in [-0.4, -0.2) is 20.1 Å².